The smallest absolute Gasteiger partial charge is 0.171 e. The van der Waals surface area contributed by atoms with Crippen LogP contribution in [0.1, 0.15) is 22.7 Å². The molecule has 2 aromatic carbocycles. The highest BCUT2D eigenvalue weighted by Gasteiger charge is 2.14. The second-order valence-electron chi connectivity index (χ2n) is 5.59. The molecule has 0 aliphatic carbocycles. The zero-order chi connectivity index (χ0) is 16.8. The van der Waals surface area contributed by atoms with Crippen molar-refractivity contribution in [3.05, 3.63) is 95.8 Å². The van der Waals surface area contributed by atoms with E-state index < -0.39 is 0 Å². The highest BCUT2D eigenvalue weighted by molar-refractivity contribution is 7.80. The average molecular weight is 333 g/mol. The molecule has 4 heteroatoms. The van der Waals surface area contributed by atoms with E-state index in [9.17, 15) is 0 Å². The molecule has 0 aliphatic heterocycles. The Morgan fingerprint density at radius 1 is 0.875 bits per heavy atom. The number of nitrogens with zero attached hydrogens (tertiary/aromatic N) is 1. The summed E-state index contributed by atoms with van der Waals surface area (Å²) < 4.78 is 0. The van der Waals surface area contributed by atoms with Crippen LogP contribution in [-0.4, -0.2) is 10.1 Å². The van der Waals surface area contributed by atoms with Crippen LogP contribution in [0, 0.1) is 6.92 Å². The van der Waals surface area contributed by atoms with Crippen molar-refractivity contribution in [3.8, 4) is 0 Å². The highest BCUT2D eigenvalue weighted by atomic mass is 32.1. The Balaban J connectivity index is 1.79. The summed E-state index contributed by atoms with van der Waals surface area (Å²) >= 11 is 5.51. The van der Waals surface area contributed by atoms with Gasteiger partial charge in [-0.2, -0.15) is 0 Å². The molecule has 2 N–H and O–H groups in total. The third-order valence-corrected chi connectivity index (χ3v) is 3.98. The minimum atomic E-state index is -0.0281. The van der Waals surface area contributed by atoms with E-state index in [1.165, 1.54) is 5.56 Å². The van der Waals surface area contributed by atoms with Crippen molar-refractivity contribution in [3.63, 3.8) is 0 Å². The molecule has 0 amide bonds. The number of aryl methyl sites for hydroxylation is 1. The number of nitrogens with one attached hydrogen (secondary N) is 2. The maximum atomic E-state index is 5.51. The normalized spacial score (nSPS) is 11.5. The zero-order valence-corrected chi connectivity index (χ0v) is 14.3. The topological polar surface area (TPSA) is 37.0 Å². The van der Waals surface area contributed by atoms with Gasteiger partial charge in [0.25, 0.3) is 0 Å². The third kappa shape index (κ3) is 4.18. The van der Waals surface area contributed by atoms with E-state index in [1.807, 2.05) is 42.5 Å². The first-order chi connectivity index (χ1) is 11.7. The molecule has 3 nitrogen and oxygen atoms in total. The predicted octanol–water partition coefficient (Wildman–Crippen LogP) is 4.47. The first-order valence-electron chi connectivity index (χ1n) is 7.81. The van der Waals surface area contributed by atoms with Crippen molar-refractivity contribution >= 4 is 23.0 Å². The SMILES string of the molecule is Cc1ccc(NC(=S)N[C@@H](c2ccccc2)c2ccncc2)cc1. The summed E-state index contributed by atoms with van der Waals surface area (Å²) in [5.74, 6) is 0. The fourth-order valence-corrected chi connectivity index (χ4v) is 2.73. The summed E-state index contributed by atoms with van der Waals surface area (Å²) in [6.45, 7) is 2.06. The number of thiocarbonyl (C=S) groups is 1. The predicted molar refractivity (Wildman–Crippen MR) is 103 cm³/mol. The van der Waals surface area contributed by atoms with Gasteiger partial charge >= 0.3 is 0 Å². The highest BCUT2D eigenvalue weighted by Crippen LogP contribution is 2.21. The van der Waals surface area contributed by atoms with E-state index in [1.54, 1.807) is 12.4 Å². The van der Waals surface area contributed by atoms with E-state index in [0.29, 0.717) is 5.11 Å². The molecule has 0 radical (unpaired) electrons. The van der Waals surface area contributed by atoms with Gasteiger partial charge < -0.3 is 10.6 Å². The summed E-state index contributed by atoms with van der Waals surface area (Å²) in [6.07, 6.45) is 3.59. The monoisotopic (exact) mass is 333 g/mol. The van der Waals surface area contributed by atoms with Crippen LogP contribution in [0.4, 0.5) is 5.69 Å². The minimum Gasteiger partial charge on any atom is -0.352 e. The van der Waals surface area contributed by atoms with Gasteiger partial charge in [-0.15, -0.1) is 0 Å². The van der Waals surface area contributed by atoms with Crippen molar-refractivity contribution in [2.75, 3.05) is 5.32 Å². The van der Waals surface area contributed by atoms with Crippen molar-refractivity contribution in [1.82, 2.24) is 10.3 Å². The van der Waals surface area contributed by atoms with Gasteiger partial charge in [0.1, 0.15) is 0 Å². The van der Waals surface area contributed by atoms with E-state index >= 15 is 0 Å². The molecule has 0 saturated heterocycles. The molecule has 0 bridgehead atoms. The molecule has 3 aromatic rings. The van der Waals surface area contributed by atoms with Gasteiger partial charge in [0, 0.05) is 18.1 Å². The molecule has 0 spiro atoms. The standard InChI is InChI=1S/C20H19N3S/c1-15-7-9-18(10-8-15)22-20(24)23-19(16-5-3-2-4-6-16)17-11-13-21-14-12-17/h2-14,19H,1H3,(H2,22,23,24)/t19-/m0/s1. The van der Waals surface area contributed by atoms with Gasteiger partial charge in [-0.3, -0.25) is 4.98 Å². The van der Waals surface area contributed by atoms with Crippen LogP contribution < -0.4 is 10.6 Å². The van der Waals surface area contributed by atoms with Gasteiger partial charge in [0.15, 0.2) is 5.11 Å². The quantitative estimate of drug-likeness (QED) is 0.691. The van der Waals surface area contributed by atoms with Crippen LogP contribution >= 0.6 is 12.2 Å². The number of pyridine rings is 1. The lowest BCUT2D eigenvalue weighted by Gasteiger charge is -2.22. The summed E-state index contributed by atoms with van der Waals surface area (Å²) in [5.41, 5.74) is 4.46. The molecule has 0 unspecified atom stereocenters. The van der Waals surface area contributed by atoms with Gasteiger partial charge in [-0.05, 0) is 54.5 Å². The first kappa shape index (κ1) is 16.1. The van der Waals surface area contributed by atoms with E-state index in [0.717, 1.165) is 16.8 Å². The van der Waals surface area contributed by atoms with Crippen LogP contribution in [0.25, 0.3) is 0 Å². The molecule has 24 heavy (non-hydrogen) atoms. The molecular formula is C20H19N3S. The summed E-state index contributed by atoms with van der Waals surface area (Å²) in [7, 11) is 0. The number of anilines is 1. The molecule has 3 rings (SSSR count). The van der Waals surface area contributed by atoms with Gasteiger partial charge in [0.2, 0.25) is 0 Å². The summed E-state index contributed by atoms with van der Waals surface area (Å²) in [6, 6.07) is 22.4. The zero-order valence-electron chi connectivity index (χ0n) is 13.4. The molecule has 1 aromatic heterocycles. The maximum Gasteiger partial charge on any atom is 0.171 e. The van der Waals surface area contributed by atoms with Crippen molar-refractivity contribution in [2.24, 2.45) is 0 Å². The Bertz CT molecular complexity index is 747. The molecule has 120 valence electrons. The maximum absolute atomic E-state index is 5.51. The second-order valence-corrected chi connectivity index (χ2v) is 6.00. The molecule has 1 heterocycles. The van der Waals surface area contributed by atoms with Gasteiger partial charge in [-0.25, -0.2) is 0 Å². The fourth-order valence-electron chi connectivity index (χ4n) is 2.50. The molecule has 0 fully saturated rings. The number of benzene rings is 2. The molecule has 1 atom stereocenters. The largest absolute Gasteiger partial charge is 0.352 e. The Kier molecular flexibility index (Phi) is 5.18. The number of aromatic nitrogens is 1. The fraction of sp³-hybridized carbons (Fsp3) is 0.100. The van der Waals surface area contributed by atoms with Crippen LogP contribution in [0.3, 0.4) is 0 Å². The average Bonchev–Trinajstić information content (AvgIpc) is 2.63. The van der Waals surface area contributed by atoms with Crippen LogP contribution in [0.15, 0.2) is 79.1 Å². The first-order valence-corrected chi connectivity index (χ1v) is 8.22. The van der Waals surface area contributed by atoms with E-state index in [2.05, 4.69) is 46.8 Å². The number of rotatable bonds is 4. The van der Waals surface area contributed by atoms with Crippen LogP contribution in [0.2, 0.25) is 0 Å². The lowest BCUT2D eigenvalue weighted by Crippen LogP contribution is -2.33. The molecule has 0 saturated carbocycles. The van der Waals surface area contributed by atoms with Crippen molar-refractivity contribution in [2.45, 2.75) is 13.0 Å². The van der Waals surface area contributed by atoms with Gasteiger partial charge in [0.05, 0.1) is 6.04 Å². The Hall–Kier alpha value is -2.72. The third-order valence-electron chi connectivity index (χ3n) is 3.76. The second kappa shape index (κ2) is 7.70. The minimum absolute atomic E-state index is 0.0281. The van der Waals surface area contributed by atoms with E-state index in [-0.39, 0.29) is 6.04 Å². The molecular weight excluding hydrogens is 314 g/mol. The number of hydrogen-bond donors (Lipinski definition) is 2. The molecule has 0 aliphatic rings. The lowest BCUT2D eigenvalue weighted by atomic mass is 10.00. The Labute approximate surface area is 147 Å². The Morgan fingerprint density at radius 3 is 2.17 bits per heavy atom. The number of hydrogen-bond acceptors (Lipinski definition) is 2. The van der Waals surface area contributed by atoms with Crippen LogP contribution in [0.5, 0.6) is 0 Å². The summed E-state index contributed by atoms with van der Waals surface area (Å²) in [4.78, 5) is 4.10. The van der Waals surface area contributed by atoms with Crippen LogP contribution in [-0.2, 0) is 0 Å². The van der Waals surface area contributed by atoms with E-state index in [4.69, 9.17) is 12.2 Å². The summed E-state index contributed by atoms with van der Waals surface area (Å²) in [5, 5.41) is 7.24. The van der Waals surface area contributed by atoms with Gasteiger partial charge in [-0.1, -0.05) is 48.0 Å². The lowest BCUT2D eigenvalue weighted by molar-refractivity contribution is 0.767. The van der Waals surface area contributed by atoms with Crippen molar-refractivity contribution in [1.29, 1.82) is 0 Å². The Morgan fingerprint density at radius 2 is 1.50 bits per heavy atom. The van der Waals surface area contributed by atoms with Crippen molar-refractivity contribution < 1.29 is 0 Å².